The predicted molar refractivity (Wildman–Crippen MR) is 67.2 cm³/mol. The lowest BCUT2D eigenvalue weighted by molar-refractivity contribution is 0.116. The minimum absolute atomic E-state index is 0.129. The van der Waals surface area contributed by atoms with E-state index in [-0.39, 0.29) is 11.4 Å². The zero-order chi connectivity index (χ0) is 12.3. The van der Waals surface area contributed by atoms with Gasteiger partial charge in [-0.25, -0.2) is 9.97 Å². The summed E-state index contributed by atoms with van der Waals surface area (Å²) in [5.74, 6) is 0. The average Bonchev–Trinajstić information content (AvgIpc) is 2.30. The molecule has 0 radical (unpaired) electrons. The third kappa shape index (κ3) is 3.78. The molecule has 0 atom stereocenters. The zero-order valence-electron chi connectivity index (χ0n) is 9.37. The molecule has 1 aromatic rings. The smallest absolute Gasteiger partial charge is 0.223 e. The first kappa shape index (κ1) is 13.0. The van der Waals surface area contributed by atoms with Gasteiger partial charge in [0, 0.05) is 24.3 Å². The van der Waals surface area contributed by atoms with Crippen LogP contribution in [0.3, 0.4) is 0 Å². The lowest BCUT2D eigenvalue weighted by atomic mass is 9.93. The lowest BCUT2D eigenvalue weighted by Crippen LogP contribution is -2.34. The van der Waals surface area contributed by atoms with Crippen LogP contribution >= 0.6 is 23.2 Å². The number of nitrogens with zero attached hydrogens (tertiary/aromatic N) is 2. The highest BCUT2D eigenvalue weighted by Crippen LogP contribution is 2.20. The summed E-state index contributed by atoms with van der Waals surface area (Å²) < 4.78 is 0. The van der Waals surface area contributed by atoms with Gasteiger partial charge in [-0.05, 0) is 37.3 Å². The summed E-state index contributed by atoms with van der Waals surface area (Å²) in [7, 11) is 0. The van der Waals surface area contributed by atoms with Crippen LogP contribution < -0.4 is 5.32 Å². The van der Waals surface area contributed by atoms with E-state index in [0.29, 0.717) is 17.7 Å². The molecule has 1 aliphatic rings. The Balaban J connectivity index is 1.85. The van der Waals surface area contributed by atoms with Gasteiger partial charge in [-0.3, -0.25) is 0 Å². The maximum Gasteiger partial charge on any atom is 0.223 e. The Bertz CT molecular complexity index is 381. The molecule has 1 aliphatic carbocycles. The molecule has 0 saturated heterocycles. The summed E-state index contributed by atoms with van der Waals surface area (Å²) in [6.45, 7) is 0.636. The van der Waals surface area contributed by atoms with Crippen LogP contribution in [0.1, 0.15) is 31.2 Å². The van der Waals surface area contributed by atoms with E-state index in [1.807, 2.05) is 0 Å². The maximum atomic E-state index is 9.40. The largest absolute Gasteiger partial charge is 0.393 e. The van der Waals surface area contributed by atoms with Gasteiger partial charge in [0.2, 0.25) is 5.28 Å². The highest BCUT2D eigenvalue weighted by Gasteiger charge is 2.19. The topological polar surface area (TPSA) is 58.0 Å². The van der Waals surface area contributed by atoms with Crippen molar-refractivity contribution in [2.45, 2.75) is 44.4 Å². The number of aliphatic hydroxyl groups excluding tert-OH is 1. The molecular formula is C11H15Cl2N3O. The van der Waals surface area contributed by atoms with Crippen molar-refractivity contribution in [3.05, 3.63) is 22.2 Å². The second-order valence-electron chi connectivity index (χ2n) is 4.34. The van der Waals surface area contributed by atoms with Gasteiger partial charge in [0.05, 0.1) is 6.10 Å². The van der Waals surface area contributed by atoms with Crippen molar-refractivity contribution in [2.24, 2.45) is 0 Å². The molecule has 1 aromatic heterocycles. The Morgan fingerprint density at radius 3 is 2.65 bits per heavy atom. The minimum atomic E-state index is -0.129. The Morgan fingerprint density at radius 1 is 1.29 bits per heavy atom. The van der Waals surface area contributed by atoms with Gasteiger partial charge >= 0.3 is 0 Å². The van der Waals surface area contributed by atoms with Gasteiger partial charge in [-0.2, -0.15) is 0 Å². The van der Waals surface area contributed by atoms with Crippen molar-refractivity contribution < 1.29 is 5.11 Å². The van der Waals surface area contributed by atoms with Gasteiger partial charge in [0.25, 0.3) is 0 Å². The van der Waals surface area contributed by atoms with Crippen LogP contribution in [0.2, 0.25) is 10.4 Å². The molecule has 0 bridgehead atoms. The van der Waals surface area contributed by atoms with Crippen molar-refractivity contribution in [3.8, 4) is 0 Å². The molecule has 94 valence electrons. The Hall–Kier alpha value is -0.420. The van der Waals surface area contributed by atoms with Crippen molar-refractivity contribution in [2.75, 3.05) is 0 Å². The number of halogens is 2. The molecule has 0 unspecified atom stereocenters. The summed E-state index contributed by atoms with van der Waals surface area (Å²) >= 11 is 11.6. The standard InChI is InChI=1S/C11H15Cl2N3O/c12-10-7(6-15-11(13)16-10)5-14-8-1-3-9(17)4-2-8/h6,8-9,14,17H,1-5H2. The first-order chi connectivity index (χ1) is 8.15. The van der Waals surface area contributed by atoms with E-state index >= 15 is 0 Å². The summed E-state index contributed by atoms with van der Waals surface area (Å²) in [6.07, 6.45) is 5.23. The summed E-state index contributed by atoms with van der Waals surface area (Å²) in [5, 5.41) is 13.4. The van der Waals surface area contributed by atoms with Gasteiger partial charge in [0.1, 0.15) is 5.15 Å². The second kappa shape index (κ2) is 5.96. The van der Waals surface area contributed by atoms with Crippen LogP contribution in [0.15, 0.2) is 6.20 Å². The van der Waals surface area contributed by atoms with Gasteiger partial charge in [-0.15, -0.1) is 0 Å². The van der Waals surface area contributed by atoms with Crippen LogP contribution in [0.4, 0.5) is 0 Å². The Morgan fingerprint density at radius 2 is 2.00 bits per heavy atom. The Labute approximate surface area is 110 Å². The quantitative estimate of drug-likeness (QED) is 0.656. The van der Waals surface area contributed by atoms with Gasteiger partial charge in [0.15, 0.2) is 0 Å². The monoisotopic (exact) mass is 275 g/mol. The minimum Gasteiger partial charge on any atom is -0.393 e. The van der Waals surface area contributed by atoms with E-state index in [2.05, 4.69) is 15.3 Å². The Kier molecular flexibility index (Phi) is 4.56. The van der Waals surface area contributed by atoms with Crippen LogP contribution in [-0.2, 0) is 6.54 Å². The molecule has 17 heavy (non-hydrogen) atoms. The summed E-state index contributed by atoms with van der Waals surface area (Å²) in [6, 6.07) is 0.435. The summed E-state index contributed by atoms with van der Waals surface area (Å²) in [5.41, 5.74) is 0.849. The fourth-order valence-electron chi connectivity index (χ4n) is 2.02. The molecule has 0 aliphatic heterocycles. The normalized spacial score (nSPS) is 24.9. The first-order valence-corrected chi connectivity index (χ1v) is 6.49. The maximum absolute atomic E-state index is 9.40. The van der Waals surface area contributed by atoms with E-state index in [9.17, 15) is 5.11 Å². The molecule has 0 spiro atoms. The zero-order valence-corrected chi connectivity index (χ0v) is 10.9. The van der Waals surface area contributed by atoms with Crippen LogP contribution in [0.5, 0.6) is 0 Å². The predicted octanol–water partition coefficient (Wildman–Crippen LogP) is 2.18. The van der Waals surface area contributed by atoms with Gasteiger partial charge < -0.3 is 10.4 Å². The number of nitrogens with one attached hydrogen (secondary N) is 1. The van der Waals surface area contributed by atoms with Crippen LogP contribution in [0, 0.1) is 0 Å². The third-order valence-electron chi connectivity index (χ3n) is 3.06. The molecular weight excluding hydrogens is 261 g/mol. The highest BCUT2D eigenvalue weighted by molar-refractivity contribution is 6.32. The first-order valence-electron chi connectivity index (χ1n) is 5.73. The van der Waals surface area contributed by atoms with E-state index < -0.39 is 0 Å². The number of rotatable bonds is 3. The fraction of sp³-hybridized carbons (Fsp3) is 0.636. The van der Waals surface area contributed by atoms with E-state index in [0.717, 1.165) is 31.2 Å². The molecule has 1 fully saturated rings. The van der Waals surface area contributed by atoms with Crippen molar-refractivity contribution in [1.82, 2.24) is 15.3 Å². The molecule has 2 rings (SSSR count). The fourth-order valence-corrected chi connectivity index (χ4v) is 2.39. The van der Waals surface area contributed by atoms with Crippen LogP contribution in [0.25, 0.3) is 0 Å². The lowest BCUT2D eigenvalue weighted by Gasteiger charge is -2.26. The van der Waals surface area contributed by atoms with Crippen molar-refractivity contribution in [3.63, 3.8) is 0 Å². The number of aliphatic hydroxyl groups is 1. The van der Waals surface area contributed by atoms with Gasteiger partial charge in [-0.1, -0.05) is 11.6 Å². The third-order valence-corrected chi connectivity index (χ3v) is 3.57. The van der Waals surface area contributed by atoms with Crippen molar-refractivity contribution in [1.29, 1.82) is 0 Å². The molecule has 2 N–H and O–H groups in total. The van der Waals surface area contributed by atoms with E-state index in [1.54, 1.807) is 6.20 Å². The molecule has 1 saturated carbocycles. The molecule has 0 aromatic carbocycles. The molecule has 1 heterocycles. The molecule has 6 heteroatoms. The number of hydrogen-bond acceptors (Lipinski definition) is 4. The van der Waals surface area contributed by atoms with E-state index in [4.69, 9.17) is 23.2 Å². The van der Waals surface area contributed by atoms with E-state index in [1.165, 1.54) is 0 Å². The van der Waals surface area contributed by atoms with Crippen LogP contribution in [-0.4, -0.2) is 27.2 Å². The average molecular weight is 276 g/mol. The van der Waals surface area contributed by atoms with Crippen molar-refractivity contribution >= 4 is 23.2 Å². The highest BCUT2D eigenvalue weighted by atomic mass is 35.5. The number of aromatic nitrogens is 2. The summed E-state index contributed by atoms with van der Waals surface area (Å²) in [4.78, 5) is 7.79. The SMILES string of the molecule is OC1CCC(NCc2cnc(Cl)nc2Cl)CC1. The molecule has 4 nitrogen and oxygen atoms in total. The number of hydrogen-bond donors (Lipinski definition) is 2. The molecule has 0 amide bonds. The second-order valence-corrected chi connectivity index (χ2v) is 5.04.